The predicted octanol–water partition coefficient (Wildman–Crippen LogP) is 3.35. The van der Waals surface area contributed by atoms with E-state index in [1.807, 2.05) is 0 Å². The van der Waals surface area contributed by atoms with Crippen LogP contribution in [0.25, 0.3) is 0 Å². The normalized spacial score (nSPS) is 29.9. The molecule has 0 unspecified atom stereocenters. The number of hydrogen-bond acceptors (Lipinski definition) is 2. The zero-order valence-corrected chi connectivity index (χ0v) is 12.1. The van der Waals surface area contributed by atoms with Crippen LogP contribution in [-0.2, 0) is 4.79 Å². The van der Waals surface area contributed by atoms with Gasteiger partial charge in [0.05, 0.1) is 5.69 Å². The van der Waals surface area contributed by atoms with Crippen molar-refractivity contribution >= 4 is 29.2 Å². The molecule has 0 atom stereocenters. The number of carbonyl (C=O) groups excluding carboxylic acids is 2. The van der Waals surface area contributed by atoms with E-state index in [0.29, 0.717) is 16.6 Å². The van der Waals surface area contributed by atoms with E-state index < -0.39 is 5.54 Å². The second-order valence-corrected chi connectivity index (χ2v) is 6.25. The topological polar surface area (TPSA) is 49.4 Å². The van der Waals surface area contributed by atoms with Crippen LogP contribution in [-0.4, -0.2) is 17.5 Å². The quantitative estimate of drug-likeness (QED) is 0.807. The summed E-state index contributed by atoms with van der Waals surface area (Å²) >= 11 is 5.95. The minimum absolute atomic E-state index is 0.142. The zero-order chi connectivity index (χ0) is 14.3. The highest BCUT2D eigenvalue weighted by Crippen LogP contribution is 2.38. The van der Waals surface area contributed by atoms with E-state index in [1.54, 1.807) is 24.3 Å². The molecule has 5 heteroatoms. The number of halogens is 1. The van der Waals surface area contributed by atoms with E-state index in [-0.39, 0.29) is 11.9 Å². The summed E-state index contributed by atoms with van der Waals surface area (Å²) in [5, 5.41) is 3.42. The van der Waals surface area contributed by atoms with Gasteiger partial charge in [0, 0.05) is 5.02 Å². The molecule has 1 aromatic rings. The maximum atomic E-state index is 12.7. The largest absolute Gasteiger partial charge is 0.329 e. The van der Waals surface area contributed by atoms with Crippen molar-refractivity contribution in [1.82, 2.24) is 5.32 Å². The van der Waals surface area contributed by atoms with Gasteiger partial charge in [0.25, 0.3) is 5.91 Å². The van der Waals surface area contributed by atoms with E-state index in [2.05, 4.69) is 12.2 Å². The minimum Gasteiger partial charge on any atom is -0.323 e. The van der Waals surface area contributed by atoms with Crippen LogP contribution in [0.5, 0.6) is 0 Å². The Morgan fingerprint density at radius 3 is 2.65 bits per heavy atom. The van der Waals surface area contributed by atoms with Gasteiger partial charge in [-0.2, -0.15) is 0 Å². The van der Waals surface area contributed by atoms with Crippen LogP contribution < -0.4 is 10.2 Å². The second kappa shape index (κ2) is 4.77. The molecule has 1 saturated heterocycles. The van der Waals surface area contributed by atoms with Crippen molar-refractivity contribution in [3.63, 3.8) is 0 Å². The van der Waals surface area contributed by atoms with Crippen LogP contribution in [0.1, 0.15) is 32.6 Å². The number of nitrogens with one attached hydrogen (secondary N) is 1. The predicted molar refractivity (Wildman–Crippen MR) is 77.8 cm³/mol. The van der Waals surface area contributed by atoms with Gasteiger partial charge in [-0.25, -0.2) is 9.69 Å². The smallest absolute Gasteiger partial charge is 0.323 e. The molecule has 1 heterocycles. The number of carbonyl (C=O) groups is 2. The van der Waals surface area contributed by atoms with Gasteiger partial charge in [0.2, 0.25) is 0 Å². The lowest BCUT2D eigenvalue weighted by molar-refractivity contribution is -0.123. The molecule has 0 aromatic heterocycles. The average molecular weight is 293 g/mol. The Balaban J connectivity index is 1.91. The van der Waals surface area contributed by atoms with E-state index in [1.165, 1.54) is 4.90 Å². The number of amides is 3. The van der Waals surface area contributed by atoms with Crippen molar-refractivity contribution in [2.24, 2.45) is 5.92 Å². The molecule has 1 saturated carbocycles. The van der Waals surface area contributed by atoms with E-state index in [0.717, 1.165) is 25.7 Å². The molecule has 1 N–H and O–H groups in total. The SMILES string of the molecule is CC1CCC2(CC1)NC(=O)N(c1cccc(Cl)c1)C2=O. The highest BCUT2D eigenvalue weighted by atomic mass is 35.5. The molecule has 2 aliphatic rings. The molecule has 1 aliphatic heterocycles. The first-order valence-corrected chi connectivity index (χ1v) is 7.32. The average Bonchev–Trinajstić information content (AvgIpc) is 2.65. The van der Waals surface area contributed by atoms with Crippen LogP contribution in [0.4, 0.5) is 10.5 Å². The van der Waals surface area contributed by atoms with Crippen molar-refractivity contribution in [3.05, 3.63) is 29.3 Å². The molecule has 106 valence electrons. The summed E-state index contributed by atoms with van der Waals surface area (Å²) in [6.07, 6.45) is 3.37. The molecule has 3 amide bonds. The third kappa shape index (κ3) is 2.08. The summed E-state index contributed by atoms with van der Waals surface area (Å²) in [7, 11) is 0. The van der Waals surface area contributed by atoms with Crippen molar-refractivity contribution in [3.8, 4) is 0 Å². The fourth-order valence-corrected chi connectivity index (χ4v) is 3.25. The van der Waals surface area contributed by atoms with Crippen molar-refractivity contribution in [2.45, 2.75) is 38.1 Å². The first kappa shape index (κ1) is 13.4. The summed E-state index contributed by atoms with van der Waals surface area (Å²) in [5.74, 6) is 0.474. The monoisotopic (exact) mass is 292 g/mol. The molecule has 0 bridgehead atoms. The van der Waals surface area contributed by atoms with Gasteiger partial charge in [-0.1, -0.05) is 24.6 Å². The van der Waals surface area contributed by atoms with Crippen LogP contribution in [0, 0.1) is 5.92 Å². The standard InChI is InChI=1S/C15H17ClN2O2/c1-10-5-7-15(8-6-10)13(19)18(14(20)17-15)12-4-2-3-11(16)9-12/h2-4,9-10H,5-8H2,1H3,(H,17,20). The first-order chi connectivity index (χ1) is 9.52. The Morgan fingerprint density at radius 2 is 2.00 bits per heavy atom. The first-order valence-electron chi connectivity index (χ1n) is 6.94. The Hall–Kier alpha value is -1.55. The zero-order valence-electron chi connectivity index (χ0n) is 11.4. The summed E-state index contributed by atoms with van der Waals surface area (Å²) in [6, 6.07) is 6.50. The number of anilines is 1. The fourth-order valence-electron chi connectivity index (χ4n) is 3.06. The van der Waals surface area contributed by atoms with Crippen LogP contribution >= 0.6 is 11.6 Å². The molecule has 0 radical (unpaired) electrons. The van der Waals surface area contributed by atoms with Crippen LogP contribution in [0.15, 0.2) is 24.3 Å². The Bertz CT molecular complexity index is 565. The molecule has 1 spiro atoms. The Labute approximate surface area is 123 Å². The highest BCUT2D eigenvalue weighted by molar-refractivity contribution is 6.31. The van der Waals surface area contributed by atoms with Gasteiger partial charge in [0.1, 0.15) is 5.54 Å². The molecule has 20 heavy (non-hydrogen) atoms. The number of benzene rings is 1. The Kier molecular flexibility index (Phi) is 3.21. The van der Waals surface area contributed by atoms with Crippen molar-refractivity contribution in [1.29, 1.82) is 0 Å². The fraction of sp³-hybridized carbons (Fsp3) is 0.467. The maximum absolute atomic E-state index is 12.7. The van der Waals surface area contributed by atoms with Gasteiger partial charge < -0.3 is 5.32 Å². The van der Waals surface area contributed by atoms with Gasteiger partial charge in [-0.15, -0.1) is 0 Å². The van der Waals surface area contributed by atoms with Crippen LogP contribution in [0.3, 0.4) is 0 Å². The van der Waals surface area contributed by atoms with Gasteiger partial charge >= 0.3 is 6.03 Å². The van der Waals surface area contributed by atoms with Crippen LogP contribution in [0.2, 0.25) is 5.02 Å². The molecule has 2 fully saturated rings. The summed E-state index contributed by atoms with van der Waals surface area (Å²) in [4.78, 5) is 26.1. The summed E-state index contributed by atoms with van der Waals surface area (Å²) in [6.45, 7) is 2.18. The highest BCUT2D eigenvalue weighted by Gasteiger charge is 2.52. The van der Waals surface area contributed by atoms with Gasteiger partial charge in [0.15, 0.2) is 0 Å². The second-order valence-electron chi connectivity index (χ2n) is 5.82. The molecular formula is C15H17ClN2O2. The lowest BCUT2D eigenvalue weighted by Crippen LogP contribution is -2.49. The molecule has 3 rings (SSSR count). The number of nitrogens with zero attached hydrogens (tertiary/aromatic N) is 1. The summed E-state index contributed by atoms with van der Waals surface area (Å²) in [5.41, 5.74) is -0.165. The third-order valence-electron chi connectivity index (χ3n) is 4.36. The van der Waals surface area contributed by atoms with Gasteiger partial charge in [-0.05, 0) is 49.8 Å². The maximum Gasteiger partial charge on any atom is 0.329 e. The van der Waals surface area contributed by atoms with Crippen molar-refractivity contribution in [2.75, 3.05) is 4.90 Å². The summed E-state index contributed by atoms with van der Waals surface area (Å²) < 4.78 is 0. The number of imide groups is 1. The number of hydrogen-bond donors (Lipinski definition) is 1. The van der Waals surface area contributed by atoms with E-state index in [4.69, 9.17) is 11.6 Å². The number of urea groups is 1. The third-order valence-corrected chi connectivity index (χ3v) is 4.59. The van der Waals surface area contributed by atoms with E-state index >= 15 is 0 Å². The molecular weight excluding hydrogens is 276 g/mol. The molecule has 4 nitrogen and oxygen atoms in total. The molecule has 1 aromatic carbocycles. The Morgan fingerprint density at radius 1 is 1.30 bits per heavy atom. The molecule has 1 aliphatic carbocycles. The minimum atomic E-state index is -0.702. The lowest BCUT2D eigenvalue weighted by atomic mass is 9.77. The lowest BCUT2D eigenvalue weighted by Gasteiger charge is -2.33. The number of rotatable bonds is 1. The van der Waals surface area contributed by atoms with Crippen molar-refractivity contribution < 1.29 is 9.59 Å². The van der Waals surface area contributed by atoms with E-state index in [9.17, 15) is 9.59 Å². The van der Waals surface area contributed by atoms with Gasteiger partial charge in [-0.3, -0.25) is 4.79 Å².